The molecule has 1 aliphatic carbocycles. The average molecular weight is 320 g/mol. The molecule has 5 nitrogen and oxygen atoms in total. The topological polar surface area (TPSA) is 85.9 Å². The molecule has 24 heavy (non-hydrogen) atoms. The second kappa shape index (κ2) is 5.50. The number of primary amides is 1. The molecule has 2 aliphatic rings. The minimum absolute atomic E-state index is 0.290. The zero-order valence-corrected chi connectivity index (χ0v) is 13.6. The maximum atomic E-state index is 11.4. The highest BCUT2D eigenvalue weighted by Gasteiger charge is 2.36. The molecule has 2 heterocycles. The van der Waals surface area contributed by atoms with Crippen LogP contribution in [-0.4, -0.2) is 35.4 Å². The van der Waals surface area contributed by atoms with Gasteiger partial charge in [-0.2, -0.15) is 5.26 Å². The molecule has 5 heteroatoms. The van der Waals surface area contributed by atoms with E-state index in [9.17, 15) is 4.79 Å². The van der Waals surface area contributed by atoms with Crippen molar-refractivity contribution >= 4 is 16.8 Å². The van der Waals surface area contributed by atoms with Crippen molar-refractivity contribution in [2.24, 2.45) is 11.7 Å². The normalized spacial score (nSPS) is 24.1. The van der Waals surface area contributed by atoms with E-state index in [-0.39, 0.29) is 5.92 Å². The lowest BCUT2D eigenvalue weighted by atomic mass is 9.76. The number of nitrogens with one attached hydrogen (secondary N) is 1. The van der Waals surface area contributed by atoms with Gasteiger partial charge in [0.1, 0.15) is 5.92 Å². The minimum atomic E-state index is -0.747. The van der Waals surface area contributed by atoms with Crippen LogP contribution in [0, 0.1) is 17.2 Å². The van der Waals surface area contributed by atoms with E-state index in [0.29, 0.717) is 12.5 Å². The summed E-state index contributed by atoms with van der Waals surface area (Å²) in [5.41, 5.74) is 10.3. The Balaban J connectivity index is 1.76. The number of hydrogen-bond acceptors (Lipinski definition) is 3. The summed E-state index contributed by atoms with van der Waals surface area (Å²) in [6.07, 6.45) is 5.83. The molecule has 0 saturated carbocycles. The molecule has 1 unspecified atom stereocenters. The number of aromatic nitrogens is 1. The van der Waals surface area contributed by atoms with Gasteiger partial charge >= 0.3 is 0 Å². The van der Waals surface area contributed by atoms with Crippen LogP contribution < -0.4 is 5.73 Å². The second-order valence-corrected chi connectivity index (χ2v) is 6.91. The summed E-state index contributed by atoms with van der Waals surface area (Å²) in [4.78, 5) is 17.1. The van der Waals surface area contributed by atoms with E-state index in [4.69, 9.17) is 11.0 Å². The van der Waals surface area contributed by atoms with Crippen molar-refractivity contribution in [3.05, 3.63) is 47.2 Å². The summed E-state index contributed by atoms with van der Waals surface area (Å²) < 4.78 is 0. The molecule has 122 valence electrons. The van der Waals surface area contributed by atoms with Crippen LogP contribution in [0.1, 0.15) is 23.5 Å². The molecule has 0 spiro atoms. The first-order chi connectivity index (χ1) is 11.6. The standard InChI is InChI=1S/C19H20N4O/c1-23-10-11(5-12(8-20)19(21)24)6-15-14-3-2-4-16-18(14)13(9-22-16)7-17(15)23/h2-4,6,9,12,15,17,22H,5,7,10H2,1H3,(H2,21,24)/t12?,15-,17-/m1/s1. The molecule has 2 aromatic rings. The number of aromatic amines is 1. The molecular weight excluding hydrogens is 300 g/mol. The van der Waals surface area contributed by atoms with Gasteiger partial charge in [-0.15, -0.1) is 0 Å². The predicted molar refractivity (Wildman–Crippen MR) is 92.2 cm³/mol. The molecule has 4 rings (SSSR count). The van der Waals surface area contributed by atoms with Crippen molar-refractivity contribution in [2.75, 3.05) is 13.6 Å². The quantitative estimate of drug-likeness (QED) is 0.849. The number of nitrogens with two attached hydrogens (primary N) is 1. The minimum Gasteiger partial charge on any atom is -0.369 e. The van der Waals surface area contributed by atoms with E-state index in [0.717, 1.165) is 18.5 Å². The number of nitriles is 1. The molecule has 1 aromatic heterocycles. The van der Waals surface area contributed by atoms with Crippen molar-refractivity contribution < 1.29 is 4.79 Å². The van der Waals surface area contributed by atoms with E-state index in [1.807, 2.05) is 6.07 Å². The van der Waals surface area contributed by atoms with E-state index < -0.39 is 11.8 Å². The summed E-state index contributed by atoms with van der Waals surface area (Å²) in [6, 6.07) is 8.83. The maximum absolute atomic E-state index is 11.4. The van der Waals surface area contributed by atoms with Crippen LogP contribution in [-0.2, 0) is 11.2 Å². The summed E-state index contributed by atoms with van der Waals surface area (Å²) in [7, 11) is 2.12. The van der Waals surface area contributed by atoms with Gasteiger partial charge in [-0.05, 0) is 37.1 Å². The average Bonchev–Trinajstić information content (AvgIpc) is 2.98. The van der Waals surface area contributed by atoms with Gasteiger partial charge in [0.25, 0.3) is 0 Å². The number of carbonyl (C=O) groups excluding carboxylic acids is 1. The number of amides is 1. The maximum Gasteiger partial charge on any atom is 0.235 e. The van der Waals surface area contributed by atoms with Crippen molar-refractivity contribution in [1.29, 1.82) is 5.26 Å². The third-order valence-corrected chi connectivity index (χ3v) is 5.42. The molecule has 0 fully saturated rings. The molecule has 0 bridgehead atoms. The Morgan fingerprint density at radius 3 is 3.12 bits per heavy atom. The van der Waals surface area contributed by atoms with Crippen LogP contribution in [0.15, 0.2) is 36.0 Å². The van der Waals surface area contributed by atoms with Gasteiger partial charge < -0.3 is 10.7 Å². The molecule has 3 atom stereocenters. The summed E-state index contributed by atoms with van der Waals surface area (Å²) in [6.45, 7) is 0.780. The highest BCUT2D eigenvalue weighted by molar-refractivity contribution is 5.88. The Morgan fingerprint density at radius 2 is 2.38 bits per heavy atom. The zero-order chi connectivity index (χ0) is 16.8. The van der Waals surface area contributed by atoms with Gasteiger partial charge in [-0.25, -0.2) is 0 Å². The van der Waals surface area contributed by atoms with Crippen LogP contribution in [0.25, 0.3) is 10.9 Å². The second-order valence-electron chi connectivity index (χ2n) is 6.91. The van der Waals surface area contributed by atoms with Gasteiger partial charge in [0, 0.05) is 35.6 Å². The fraction of sp³-hybridized carbons (Fsp3) is 0.368. The van der Waals surface area contributed by atoms with Crippen molar-refractivity contribution in [3.8, 4) is 6.07 Å². The SMILES string of the molecule is CN1CC(CC(C#N)C(N)=O)=C[C@@H]2c3cccc4[nH]cc(c34)C[C@H]21. The van der Waals surface area contributed by atoms with Crippen LogP contribution in [0.3, 0.4) is 0 Å². The van der Waals surface area contributed by atoms with Gasteiger partial charge in [0.15, 0.2) is 0 Å². The van der Waals surface area contributed by atoms with E-state index in [2.05, 4.69) is 47.4 Å². The number of nitrogens with zero attached hydrogens (tertiary/aromatic N) is 2. The summed E-state index contributed by atoms with van der Waals surface area (Å²) in [5.74, 6) is -0.997. The van der Waals surface area contributed by atoms with Gasteiger partial charge in [0.05, 0.1) is 6.07 Å². The van der Waals surface area contributed by atoms with E-state index >= 15 is 0 Å². The molecular formula is C19H20N4O. The van der Waals surface area contributed by atoms with Crippen LogP contribution in [0.4, 0.5) is 0 Å². The first-order valence-electron chi connectivity index (χ1n) is 8.26. The molecule has 3 N–H and O–H groups in total. The number of hydrogen-bond donors (Lipinski definition) is 2. The lowest BCUT2D eigenvalue weighted by molar-refractivity contribution is -0.120. The first kappa shape index (κ1) is 15.0. The van der Waals surface area contributed by atoms with Crippen molar-refractivity contribution in [2.45, 2.75) is 24.8 Å². The third-order valence-electron chi connectivity index (χ3n) is 5.42. The van der Waals surface area contributed by atoms with Crippen molar-refractivity contribution in [3.63, 3.8) is 0 Å². The third kappa shape index (κ3) is 2.22. The fourth-order valence-electron chi connectivity index (χ4n) is 4.26. The van der Waals surface area contributed by atoms with Crippen LogP contribution in [0.5, 0.6) is 0 Å². The molecule has 1 aromatic carbocycles. The van der Waals surface area contributed by atoms with Crippen LogP contribution >= 0.6 is 0 Å². The summed E-state index contributed by atoms with van der Waals surface area (Å²) in [5, 5.41) is 10.5. The highest BCUT2D eigenvalue weighted by Crippen LogP contribution is 2.42. The van der Waals surface area contributed by atoms with Gasteiger partial charge in [0.2, 0.25) is 5.91 Å². The Morgan fingerprint density at radius 1 is 1.54 bits per heavy atom. The number of H-pyrrole nitrogens is 1. The lowest BCUT2D eigenvalue weighted by Gasteiger charge is -2.41. The number of carbonyl (C=O) groups is 1. The smallest absolute Gasteiger partial charge is 0.235 e. The molecule has 1 amide bonds. The first-order valence-corrected chi connectivity index (χ1v) is 8.26. The molecule has 1 aliphatic heterocycles. The Bertz CT molecular complexity index is 888. The number of benzene rings is 1. The van der Waals surface area contributed by atoms with Gasteiger partial charge in [-0.3, -0.25) is 9.69 Å². The summed E-state index contributed by atoms with van der Waals surface area (Å²) >= 11 is 0. The van der Waals surface area contributed by atoms with Crippen LogP contribution in [0.2, 0.25) is 0 Å². The fourth-order valence-corrected chi connectivity index (χ4v) is 4.26. The monoisotopic (exact) mass is 320 g/mol. The Hall–Kier alpha value is -2.58. The number of fused-ring (bicyclic) bond motifs is 2. The lowest BCUT2D eigenvalue weighted by Crippen LogP contribution is -2.44. The Labute approximate surface area is 140 Å². The predicted octanol–water partition coefficient (Wildman–Crippen LogP) is 2.06. The molecule has 0 saturated heterocycles. The van der Waals surface area contributed by atoms with Gasteiger partial charge in [-0.1, -0.05) is 23.8 Å². The van der Waals surface area contributed by atoms with E-state index in [1.54, 1.807) is 0 Å². The zero-order valence-electron chi connectivity index (χ0n) is 13.6. The van der Waals surface area contributed by atoms with Crippen molar-refractivity contribution in [1.82, 2.24) is 9.88 Å². The molecule has 0 radical (unpaired) electrons. The Kier molecular flexibility index (Phi) is 3.43. The van der Waals surface area contributed by atoms with E-state index in [1.165, 1.54) is 22.0 Å². The number of likely N-dealkylation sites (N-methyl/N-ethyl adjacent to an activating group) is 1. The largest absolute Gasteiger partial charge is 0.369 e. The highest BCUT2D eigenvalue weighted by atomic mass is 16.1. The number of rotatable bonds is 3.